The maximum Gasteiger partial charge on any atom is 0 e. The Labute approximate surface area is 48.5 Å². The van der Waals surface area contributed by atoms with E-state index in [1.165, 1.54) is 0 Å². The molecule has 0 aliphatic rings. The van der Waals surface area contributed by atoms with Crippen LogP contribution in [0, 0.1) is 0 Å². The van der Waals surface area contributed by atoms with E-state index >= 15 is 0 Å². The zero-order valence-electron chi connectivity index (χ0n) is 2.50. The Kier molecular flexibility index (Phi) is 6110. The average Bonchev–Trinajstić information content (AvgIpc) is 0. The van der Waals surface area contributed by atoms with E-state index in [2.05, 4.69) is 0 Å². The van der Waals surface area contributed by atoms with Crippen molar-refractivity contribution in [2.24, 2.45) is 0 Å². The summed E-state index contributed by atoms with van der Waals surface area (Å²) in [5.41, 5.74) is 0. The van der Waals surface area contributed by atoms with Crippen LogP contribution in [0.15, 0.2) is 0 Å². The van der Waals surface area contributed by atoms with Gasteiger partial charge in [0, 0.05) is 26.2 Å². The molecule has 5 heteroatoms. The molecule has 0 saturated carbocycles. The third kappa shape index (κ3) is 67.0. The minimum atomic E-state index is 0. The molecule has 8 N–H and O–H groups in total. The molecule has 0 aromatic rings. The van der Waals surface area contributed by atoms with Crippen molar-refractivity contribution in [3.8, 4) is 0 Å². The molecule has 5 heavy (non-hydrogen) atoms. The van der Waals surface area contributed by atoms with Crippen molar-refractivity contribution in [2.45, 2.75) is 0 Å². The molecule has 0 saturated heterocycles. The van der Waals surface area contributed by atoms with Crippen LogP contribution in [0.1, 0.15) is 0 Å². The first kappa shape index (κ1) is 244. The maximum atomic E-state index is 0. The van der Waals surface area contributed by atoms with Crippen LogP contribution in [0.3, 0.4) is 0 Å². The van der Waals surface area contributed by atoms with Gasteiger partial charge in [0.25, 0.3) is 0 Å². The molecule has 0 atom stereocenters. The van der Waals surface area contributed by atoms with Gasteiger partial charge in [-0.2, -0.15) is 0 Å². The SMILES string of the molecule is O.O.O.O.[89Zr]. The van der Waals surface area contributed by atoms with E-state index in [0.717, 1.165) is 0 Å². The summed E-state index contributed by atoms with van der Waals surface area (Å²) >= 11 is 0. The Balaban J connectivity index is 0. The van der Waals surface area contributed by atoms with Gasteiger partial charge in [-0.15, -0.1) is 0 Å². The van der Waals surface area contributed by atoms with Crippen LogP contribution in [0.2, 0.25) is 0 Å². The Bertz CT molecular complexity index is 3.61. The van der Waals surface area contributed by atoms with E-state index in [0.29, 0.717) is 0 Å². The third-order valence-electron chi connectivity index (χ3n) is 0. The number of hydrogen-bond acceptors (Lipinski definition) is 0. The summed E-state index contributed by atoms with van der Waals surface area (Å²) in [4.78, 5) is 0. The van der Waals surface area contributed by atoms with E-state index < -0.39 is 0 Å². The van der Waals surface area contributed by atoms with Gasteiger partial charge < -0.3 is 21.9 Å². The topological polar surface area (TPSA) is 126 Å². The first-order chi connectivity index (χ1) is 0. The molecule has 0 bridgehead atoms. The molecule has 0 aromatic carbocycles. The van der Waals surface area contributed by atoms with E-state index in [9.17, 15) is 0 Å². The second kappa shape index (κ2) is 125. The van der Waals surface area contributed by atoms with Crippen LogP contribution in [-0.2, 0) is 26.2 Å². The first-order valence-corrected chi connectivity index (χ1v) is 0. The van der Waals surface area contributed by atoms with E-state index in [-0.39, 0.29) is 48.1 Å². The largest absolute Gasteiger partial charge is 0.412 e. The quantitative estimate of drug-likeness (QED) is 0.352. The molecule has 0 heterocycles. The van der Waals surface area contributed by atoms with Crippen molar-refractivity contribution < 1.29 is 48.1 Å². The monoisotopic (exact) mass is 161 g/mol. The van der Waals surface area contributed by atoms with Crippen molar-refractivity contribution >= 4 is 0 Å². The van der Waals surface area contributed by atoms with Crippen LogP contribution in [-0.4, -0.2) is 21.9 Å². The molecule has 0 amide bonds. The van der Waals surface area contributed by atoms with Crippen LogP contribution < -0.4 is 0 Å². The Morgan fingerprint density at radius 1 is 0.400 bits per heavy atom. The Hall–Kier alpha value is 0.723. The molecular weight excluding hydrogens is 153 g/mol. The van der Waals surface area contributed by atoms with Crippen molar-refractivity contribution in [2.75, 3.05) is 0 Å². The minimum Gasteiger partial charge on any atom is -0.412 e. The molecule has 0 unspecified atom stereocenters. The van der Waals surface area contributed by atoms with Gasteiger partial charge in [0.15, 0.2) is 0 Å². The van der Waals surface area contributed by atoms with Crippen LogP contribution >= 0.6 is 0 Å². The maximum absolute atomic E-state index is 0. The fraction of sp³-hybridized carbons (Fsp3) is 0. The van der Waals surface area contributed by atoms with Crippen LogP contribution in [0.5, 0.6) is 0 Å². The second-order valence-corrected chi connectivity index (χ2v) is 0. The third-order valence-corrected chi connectivity index (χ3v) is 0. The van der Waals surface area contributed by atoms with Crippen molar-refractivity contribution in [1.82, 2.24) is 0 Å². The fourth-order valence-electron chi connectivity index (χ4n) is 0. The van der Waals surface area contributed by atoms with Crippen molar-refractivity contribution in [1.29, 1.82) is 0 Å². The zero-order valence-corrected chi connectivity index (χ0v) is 4.96. The van der Waals surface area contributed by atoms with Gasteiger partial charge in [-0.1, -0.05) is 0 Å². The summed E-state index contributed by atoms with van der Waals surface area (Å²) < 4.78 is 0. The van der Waals surface area contributed by atoms with E-state index in [4.69, 9.17) is 0 Å². The number of hydrogen-bond donors (Lipinski definition) is 0. The van der Waals surface area contributed by atoms with Gasteiger partial charge in [-0.3, -0.25) is 0 Å². The molecule has 0 aliphatic heterocycles. The molecule has 0 radical (unpaired) electrons. The van der Waals surface area contributed by atoms with Gasteiger partial charge in [0.05, 0.1) is 0 Å². The van der Waals surface area contributed by atoms with Gasteiger partial charge in [-0.25, -0.2) is 0 Å². The Morgan fingerprint density at radius 2 is 0.400 bits per heavy atom. The summed E-state index contributed by atoms with van der Waals surface area (Å²) in [6.45, 7) is 0. The number of rotatable bonds is 0. The molecule has 0 aliphatic carbocycles. The van der Waals surface area contributed by atoms with Gasteiger partial charge in [0.1, 0.15) is 0 Å². The Morgan fingerprint density at radius 3 is 0.400 bits per heavy atom. The summed E-state index contributed by atoms with van der Waals surface area (Å²) in [5, 5.41) is 0. The van der Waals surface area contributed by atoms with E-state index in [1.54, 1.807) is 0 Å². The summed E-state index contributed by atoms with van der Waals surface area (Å²) in [5.74, 6) is 0. The minimum absolute atomic E-state index is 0. The average molecular weight is 161 g/mol. The molecule has 36 valence electrons. The van der Waals surface area contributed by atoms with Crippen LogP contribution in [0.4, 0.5) is 0 Å². The normalized spacial score (nSPS) is 0. The molecule has 0 spiro atoms. The van der Waals surface area contributed by atoms with E-state index in [1.807, 2.05) is 0 Å². The predicted octanol–water partition coefficient (Wildman–Crippen LogP) is -3.30. The standard InChI is InChI=1S/4H2O.Zr/h4*1H2;/i;;;;1-2. The van der Waals surface area contributed by atoms with Crippen molar-refractivity contribution in [3.63, 3.8) is 0 Å². The van der Waals surface area contributed by atoms with Gasteiger partial charge >= 0.3 is 0 Å². The first-order valence-electron chi connectivity index (χ1n) is 0. The summed E-state index contributed by atoms with van der Waals surface area (Å²) in [6, 6.07) is 0. The summed E-state index contributed by atoms with van der Waals surface area (Å²) in [7, 11) is 0. The van der Waals surface area contributed by atoms with Gasteiger partial charge in [0.2, 0.25) is 0 Å². The fourth-order valence-corrected chi connectivity index (χ4v) is 0. The molecule has 0 fully saturated rings. The van der Waals surface area contributed by atoms with Crippen molar-refractivity contribution in [3.05, 3.63) is 0 Å². The second-order valence-electron chi connectivity index (χ2n) is 0. The molecule has 4 nitrogen and oxygen atoms in total. The molecule has 0 aromatic heterocycles. The smallest absolute Gasteiger partial charge is 0 e. The molecular formula is H8O4Zr. The zero-order chi connectivity index (χ0) is 0. The van der Waals surface area contributed by atoms with Gasteiger partial charge in [-0.05, 0) is 0 Å². The predicted molar refractivity (Wildman–Crippen MR) is 14.5 cm³/mol. The van der Waals surface area contributed by atoms with Crippen LogP contribution in [0.25, 0.3) is 0 Å². The summed E-state index contributed by atoms with van der Waals surface area (Å²) in [6.07, 6.45) is 0. The molecule has 0 rings (SSSR count).